The molecule has 5 rings (SSSR count). The number of nitrogens with one attached hydrogen (secondary N) is 1. The molecule has 230 valence electrons. The second kappa shape index (κ2) is 10.8. The van der Waals surface area contributed by atoms with Crippen LogP contribution in [0.4, 0.5) is 22.0 Å². The van der Waals surface area contributed by atoms with Gasteiger partial charge in [-0.05, 0) is 112 Å². The predicted octanol–water partition coefficient (Wildman–Crippen LogP) is 6.20. The fraction of sp³-hybridized carbons (Fsp3) is 0.625. The molecule has 4 aliphatic carbocycles. The van der Waals surface area contributed by atoms with Crippen molar-refractivity contribution in [2.75, 3.05) is 27.2 Å². The minimum atomic E-state index is -5.89. The summed E-state index contributed by atoms with van der Waals surface area (Å²) in [6.45, 7) is 2.73. The Bertz CT molecular complexity index is 1300. The van der Waals surface area contributed by atoms with E-state index in [0.717, 1.165) is 29.7 Å². The zero-order valence-electron chi connectivity index (χ0n) is 24.3. The van der Waals surface area contributed by atoms with Crippen molar-refractivity contribution in [3.8, 4) is 0 Å². The minimum Gasteiger partial charge on any atom is -0.383 e. The van der Waals surface area contributed by atoms with Crippen molar-refractivity contribution in [1.82, 2.24) is 10.2 Å². The molecule has 2 fully saturated rings. The van der Waals surface area contributed by atoms with Crippen molar-refractivity contribution in [3.63, 3.8) is 0 Å². The van der Waals surface area contributed by atoms with Gasteiger partial charge >= 0.3 is 12.1 Å². The summed E-state index contributed by atoms with van der Waals surface area (Å²) in [4.78, 5) is 27.0. The molecule has 0 heterocycles. The van der Waals surface area contributed by atoms with Crippen LogP contribution in [-0.2, 0) is 4.79 Å². The monoisotopic (exact) mass is 594 g/mol. The predicted molar refractivity (Wildman–Crippen MR) is 148 cm³/mol. The topological polar surface area (TPSA) is 69.6 Å². The molecule has 4 aliphatic rings. The summed E-state index contributed by atoms with van der Waals surface area (Å²) >= 11 is 0. The zero-order chi connectivity index (χ0) is 30.7. The smallest absolute Gasteiger partial charge is 0.383 e. The fourth-order valence-electron chi connectivity index (χ4n) is 8.28. The van der Waals surface area contributed by atoms with Gasteiger partial charge in [0.1, 0.15) is 5.60 Å². The maximum absolute atomic E-state index is 15.1. The van der Waals surface area contributed by atoms with E-state index in [1.165, 1.54) is 6.92 Å². The van der Waals surface area contributed by atoms with Gasteiger partial charge in [-0.25, -0.2) is 0 Å². The van der Waals surface area contributed by atoms with E-state index in [-0.39, 0.29) is 30.4 Å². The second-order valence-corrected chi connectivity index (χ2v) is 13.0. The van der Waals surface area contributed by atoms with E-state index in [0.29, 0.717) is 43.4 Å². The third-order valence-electron chi connectivity index (χ3n) is 10.4. The van der Waals surface area contributed by atoms with Gasteiger partial charge in [0.2, 0.25) is 0 Å². The molecule has 0 spiro atoms. The Kier molecular flexibility index (Phi) is 7.97. The molecule has 1 aromatic carbocycles. The molecule has 0 radical (unpaired) electrons. The van der Waals surface area contributed by atoms with Gasteiger partial charge in [0.25, 0.3) is 5.91 Å². The van der Waals surface area contributed by atoms with Crippen LogP contribution in [0, 0.1) is 17.3 Å². The molecule has 0 saturated heterocycles. The molecule has 1 aromatic rings. The number of nitrogens with zero attached hydrogens (tertiary/aromatic N) is 1. The molecule has 1 amide bonds. The number of amides is 1. The van der Waals surface area contributed by atoms with Gasteiger partial charge in [-0.1, -0.05) is 24.6 Å². The molecule has 5 atom stereocenters. The van der Waals surface area contributed by atoms with E-state index < -0.39 is 41.4 Å². The highest BCUT2D eigenvalue weighted by Crippen LogP contribution is 2.70. The van der Waals surface area contributed by atoms with Crippen molar-refractivity contribution < 1.29 is 36.6 Å². The normalized spacial score (nSPS) is 31.4. The van der Waals surface area contributed by atoms with Crippen LogP contribution in [0.2, 0.25) is 0 Å². The van der Waals surface area contributed by atoms with E-state index in [2.05, 4.69) is 5.32 Å². The molecule has 10 heteroatoms. The van der Waals surface area contributed by atoms with Crippen molar-refractivity contribution >= 4 is 11.7 Å². The lowest BCUT2D eigenvalue weighted by Gasteiger charge is -2.56. The third kappa shape index (κ3) is 4.92. The number of alkyl halides is 5. The number of aliphatic hydroxyl groups is 1. The lowest BCUT2D eigenvalue weighted by atomic mass is 9.50. The molecule has 0 aliphatic heterocycles. The number of carbonyl (C=O) groups excluding carboxylic acids is 2. The molecule has 42 heavy (non-hydrogen) atoms. The largest absolute Gasteiger partial charge is 0.456 e. The number of benzene rings is 1. The standard InChI is InChI=1S/C32H39F5N2O3/c1-29-18-25(19-5-7-20(8-6-19)28(41)38-15-4-16-39(2)3)27-23-12-10-22(40)17-21(23)9-11-24(27)26(29)13-14-30(29,42)31(33,34)32(35,36)37/h5-8,17,24-26,42H,4,9-16,18H2,1-3H3,(H,38,41)/t24?,25-,26?,29+,30-/m1/s1. The van der Waals surface area contributed by atoms with E-state index in [1.807, 2.05) is 19.0 Å². The first-order chi connectivity index (χ1) is 19.6. The molecule has 2 unspecified atom stereocenters. The number of halogens is 5. The zero-order valence-corrected chi connectivity index (χ0v) is 24.3. The number of fused-ring (bicyclic) bond motifs is 4. The van der Waals surface area contributed by atoms with Crippen LogP contribution in [0.5, 0.6) is 0 Å². The lowest BCUT2D eigenvalue weighted by molar-refractivity contribution is -0.362. The highest BCUT2D eigenvalue weighted by atomic mass is 19.4. The van der Waals surface area contributed by atoms with Crippen LogP contribution in [0.25, 0.3) is 0 Å². The number of carbonyl (C=O) groups is 2. The van der Waals surface area contributed by atoms with Gasteiger partial charge in [-0.15, -0.1) is 0 Å². The average Bonchev–Trinajstić information content (AvgIpc) is 3.21. The minimum absolute atomic E-state index is 0.0333. The molecule has 2 N–H and O–H groups in total. The van der Waals surface area contributed by atoms with E-state index in [9.17, 15) is 27.9 Å². The third-order valence-corrected chi connectivity index (χ3v) is 10.4. The van der Waals surface area contributed by atoms with E-state index in [4.69, 9.17) is 0 Å². The number of hydrogen-bond donors (Lipinski definition) is 2. The molecular formula is C32H39F5N2O3. The summed E-state index contributed by atoms with van der Waals surface area (Å²) in [5.41, 5.74) is -0.891. The SMILES string of the molecule is CN(C)CCCNC(=O)c1ccc([C@H]2C[C@@]3(C)C(CC[C@]3(O)C(F)(F)C(F)(F)F)C3CCC4=CC(=O)CCC4=C32)cc1. The average molecular weight is 595 g/mol. The first kappa shape index (κ1) is 30.9. The Balaban J connectivity index is 1.53. The molecule has 2 saturated carbocycles. The molecule has 5 nitrogen and oxygen atoms in total. The van der Waals surface area contributed by atoms with Gasteiger partial charge < -0.3 is 15.3 Å². The highest BCUT2D eigenvalue weighted by molar-refractivity contribution is 5.94. The quantitative estimate of drug-likeness (QED) is 0.292. The maximum atomic E-state index is 15.1. The van der Waals surface area contributed by atoms with Crippen LogP contribution in [-0.4, -0.2) is 66.6 Å². The summed E-state index contributed by atoms with van der Waals surface area (Å²) in [5, 5.41) is 14.3. The van der Waals surface area contributed by atoms with Crippen LogP contribution < -0.4 is 5.32 Å². The summed E-state index contributed by atoms with van der Waals surface area (Å²) < 4.78 is 71.5. The van der Waals surface area contributed by atoms with Gasteiger partial charge in [-0.2, -0.15) is 22.0 Å². The Morgan fingerprint density at radius 3 is 2.40 bits per heavy atom. The van der Waals surface area contributed by atoms with Gasteiger partial charge in [0, 0.05) is 29.9 Å². The van der Waals surface area contributed by atoms with Crippen LogP contribution in [0.15, 0.2) is 47.1 Å². The second-order valence-electron chi connectivity index (χ2n) is 13.0. The Hall–Kier alpha value is -2.59. The summed E-state index contributed by atoms with van der Waals surface area (Å²) in [6.07, 6.45) is -2.21. The van der Waals surface area contributed by atoms with Crippen molar-refractivity contribution in [1.29, 1.82) is 0 Å². The number of allylic oxidation sites excluding steroid dienone is 4. The first-order valence-electron chi connectivity index (χ1n) is 14.8. The van der Waals surface area contributed by atoms with E-state index in [1.54, 1.807) is 30.3 Å². The van der Waals surface area contributed by atoms with Gasteiger partial charge in [0.15, 0.2) is 5.78 Å². The number of rotatable bonds is 7. The Morgan fingerprint density at radius 2 is 1.76 bits per heavy atom. The van der Waals surface area contributed by atoms with Crippen LogP contribution in [0.3, 0.4) is 0 Å². The lowest BCUT2D eigenvalue weighted by Crippen LogP contribution is -2.65. The molecule has 0 bridgehead atoms. The van der Waals surface area contributed by atoms with Gasteiger partial charge in [0.05, 0.1) is 0 Å². The first-order valence-corrected chi connectivity index (χ1v) is 14.8. The van der Waals surface area contributed by atoms with Crippen molar-refractivity contribution in [2.45, 2.75) is 81.9 Å². The fourth-order valence-corrected chi connectivity index (χ4v) is 8.28. The Morgan fingerprint density at radius 1 is 1.07 bits per heavy atom. The number of hydrogen-bond acceptors (Lipinski definition) is 4. The summed E-state index contributed by atoms with van der Waals surface area (Å²) in [7, 11) is 3.89. The molecule has 0 aromatic heterocycles. The van der Waals surface area contributed by atoms with Gasteiger partial charge in [-0.3, -0.25) is 9.59 Å². The van der Waals surface area contributed by atoms with Crippen LogP contribution >= 0.6 is 0 Å². The molecular weight excluding hydrogens is 555 g/mol. The summed E-state index contributed by atoms with van der Waals surface area (Å²) in [5.74, 6) is -6.86. The van der Waals surface area contributed by atoms with Crippen LogP contribution in [0.1, 0.15) is 80.1 Å². The van der Waals surface area contributed by atoms with Crippen molar-refractivity contribution in [2.24, 2.45) is 17.3 Å². The number of ketones is 1. The highest BCUT2D eigenvalue weighted by Gasteiger charge is 2.79. The van der Waals surface area contributed by atoms with E-state index >= 15 is 8.78 Å². The summed E-state index contributed by atoms with van der Waals surface area (Å²) in [6, 6.07) is 6.80. The maximum Gasteiger partial charge on any atom is 0.456 e. The Labute approximate surface area is 243 Å². The van der Waals surface area contributed by atoms with Crippen molar-refractivity contribution in [3.05, 3.63) is 58.2 Å².